The van der Waals surface area contributed by atoms with Crippen LogP contribution in [0.25, 0.3) is 0 Å². The smallest absolute Gasteiger partial charge is 0.166 e. The topological polar surface area (TPSA) is 0 Å². The molecule has 7 heteroatoms. The van der Waals surface area contributed by atoms with E-state index >= 15 is 0 Å². The highest BCUT2D eigenvalue weighted by Crippen LogP contribution is 2.38. The zero-order valence-corrected chi connectivity index (χ0v) is 9.21. The second-order valence-electron chi connectivity index (χ2n) is 3.46. The molecule has 0 amide bonds. The molecule has 0 saturated carbocycles. The lowest BCUT2D eigenvalue weighted by atomic mass is 10.0. The molecule has 0 aliphatic carbocycles. The van der Waals surface area contributed by atoms with Gasteiger partial charge in [-0.25, -0.2) is 0 Å². The van der Waals surface area contributed by atoms with Crippen LogP contribution >= 0.6 is 11.6 Å². The third-order valence-corrected chi connectivity index (χ3v) is 2.32. The Morgan fingerprint density at radius 2 is 1.24 bits per heavy atom. The fourth-order valence-corrected chi connectivity index (χ4v) is 1.33. The summed E-state index contributed by atoms with van der Waals surface area (Å²) in [6.45, 7) is 1.30. The van der Waals surface area contributed by atoms with Crippen LogP contribution in [-0.2, 0) is 12.4 Å². The summed E-state index contributed by atoms with van der Waals surface area (Å²) in [7, 11) is 0. The summed E-state index contributed by atoms with van der Waals surface area (Å²) < 4.78 is 74.3. The molecule has 96 valence electrons. The summed E-state index contributed by atoms with van der Waals surface area (Å²) in [5.41, 5.74) is -2.92. The van der Waals surface area contributed by atoms with Crippen LogP contribution in [0.15, 0.2) is 18.2 Å². The van der Waals surface area contributed by atoms with Crippen LogP contribution in [0.2, 0.25) is 0 Å². The Kier molecular flexibility index (Phi) is 3.66. The van der Waals surface area contributed by atoms with Gasteiger partial charge in [-0.05, 0) is 30.7 Å². The van der Waals surface area contributed by atoms with E-state index in [-0.39, 0.29) is 11.6 Å². The SMILES string of the molecule is C[C@@H](Cl)c1cc(C(F)(F)F)cc(C(F)(F)F)c1. The van der Waals surface area contributed by atoms with Crippen molar-refractivity contribution in [2.24, 2.45) is 0 Å². The van der Waals surface area contributed by atoms with E-state index in [9.17, 15) is 26.3 Å². The Bertz CT molecular complexity index is 372. The molecule has 0 aliphatic rings. The number of hydrogen-bond donors (Lipinski definition) is 0. The van der Waals surface area contributed by atoms with Crippen LogP contribution in [0.5, 0.6) is 0 Å². The number of alkyl halides is 7. The molecule has 1 atom stereocenters. The van der Waals surface area contributed by atoms with Crippen molar-refractivity contribution in [3.8, 4) is 0 Å². The molecule has 0 bridgehead atoms. The highest BCUT2D eigenvalue weighted by Gasteiger charge is 2.37. The van der Waals surface area contributed by atoms with Gasteiger partial charge in [-0.3, -0.25) is 0 Å². The average molecular weight is 277 g/mol. The van der Waals surface area contributed by atoms with Crippen molar-refractivity contribution in [1.29, 1.82) is 0 Å². The Hall–Kier alpha value is -0.910. The van der Waals surface area contributed by atoms with Crippen molar-refractivity contribution >= 4 is 11.6 Å². The minimum Gasteiger partial charge on any atom is -0.166 e. The number of hydrogen-bond acceptors (Lipinski definition) is 0. The van der Waals surface area contributed by atoms with E-state index in [4.69, 9.17) is 11.6 Å². The molecule has 1 aromatic carbocycles. The average Bonchev–Trinajstić information content (AvgIpc) is 2.14. The second-order valence-corrected chi connectivity index (χ2v) is 4.11. The molecule has 0 spiro atoms. The summed E-state index contributed by atoms with van der Waals surface area (Å²) in [4.78, 5) is 0. The van der Waals surface area contributed by atoms with Crippen molar-refractivity contribution in [2.75, 3.05) is 0 Å². The molecule has 1 rings (SSSR count). The van der Waals surface area contributed by atoms with Gasteiger partial charge in [-0.1, -0.05) is 0 Å². The first-order valence-corrected chi connectivity index (χ1v) is 4.89. The predicted octanol–water partition coefficient (Wildman–Crippen LogP) is 5.02. The van der Waals surface area contributed by atoms with E-state index in [0.29, 0.717) is 12.1 Å². The van der Waals surface area contributed by atoms with Crippen LogP contribution < -0.4 is 0 Å². The third kappa shape index (κ3) is 3.52. The van der Waals surface area contributed by atoms with Crippen LogP contribution in [0, 0.1) is 0 Å². The molecule has 0 saturated heterocycles. The second kappa shape index (κ2) is 4.40. The normalized spacial score (nSPS) is 14.8. The Balaban J connectivity index is 3.40. The molecule has 0 aromatic heterocycles. The van der Waals surface area contributed by atoms with Gasteiger partial charge in [-0.15, -0.1) is 11.6 Å². The molecule has 17 heavy (non-hydrogen) atoms. The fourth-order valence-electron chi connectivity index (χ4n) is 1.21. The summed E-state index contributed by atoms with van der Waals surface area (Å²) in [6, 6.07) is 1.31. The van der Waals surface area contributed by atoms with Crippen LogP contribution in [0.3, 0.4) is 0 Å². The van der Waals surface area contributed by atoms with Gasteiger partial charge in [0, 0.05) is 0 Å². The van der Waals surface area contributed by atoms with Gasteiger partial charge in [0.1, 0.15) is 0 Å². The minimum absolute atomic E-state index is 0.0722. The quantitative estimate of drug-likeness (QED) is 0.499. The van der Waals surface area contributed by atoms with Crippen molar-refractivity contribution in [3.63, 3.8) is 0 Å². The van der Waals surface area contributed by atoms with Gasteiger partial charge in [0.15, 0.2) is 0 Å². The minimum atomic E-state index is -4.83. The van der Waals surface area contributed by atoms with Gasteiger partial charge in [0.2, 0.25) is 0 Å². The molecule has 1 aromatic rings. The molecule has 0 radical (unpaired) electrons. The Morgan fingerprint density at radius 3 is 1.47 bits per heavy atom. The first kappa shape index (κ1) is 14.2. The maximum Gasteiger partial charge on any atom is 0.416 e. The number of rotatable bonds is 1. The summed E-state index contributed by atoms with van der Waals surface area (Å²) in [5, 5.41) is -0.932. The number of benzene rings is 1. The lowest BCUT2D eigenvalue weighted by Gasteiger charge is -2.14. The standard InChI is InChI=1S/C10H7ClF6/c1-5(11)6-2-7(9(12,13)14)4-8(3-6)10(15,16)17/h2-5H,1H3/t5-/m1/s1. The zero-order chi connectivity index (χ0) is 13.4. The molecule has 0 unspecified atom stereocenters. The lowest BCUT2D eigenvalue weighted by Crippen LogP contribution is -2.11. The van der Waals surface area contributed by atoms with Gasteiger partial charge >= 0.3 is 12.4 Å². The van der Waals surface area contributed by atoms with Crippen molar-refractivity contribution in [3.05, 3.63) is 34.9 Å². The van der Waals surface area contributed by atoms with Crippen molar-refractivity contribution in [1.82, 2.24) is 0 Å². The first-order valence-electron chi connectivity index (χ1n) is 4.45. The van der Waals surface area contributed by atoms with E-state index in [1.165, 1.54) is 6.92 Å². The molecule has 0 aliphatic heterocycles. The lowest BCUT2D eigenvalue weighted by molar-refractivity contribution is -0.143. The summed E-state index contributed by atoms with van der Waals surface area (Å²) in [5.74, 6) is 0. The van der Waals surface area contributed by atoms with Gasteiger partial charge in [0.05, 0.1) is 16.5 Å². The van der Waals surface area contributed by atoms with E-state index in [0.717, 1.165) is 0 Å². The van der Waals surface area contributed by atoms with E-state index in [1.807, 2.05) is 0 Å². The largest absolute Gasteiger partial charge is 0.416 e. The monoisotopic (exact) mass is 276 g/mol. The van der Waals surface area contributed by atoms with E-state index in [1.54, 1.807) is 0 Å². The Morgan fingerprint density at radius 1 is 0.882 bits per heavy atom. The zero-order valence-electron chi connectivity index (χ0n) is 8.46. The van der Waals surface area contributed by atoms with E-state index in [2.05, 4.69) is 0 Å². The van der Waals surface area contributed by atoms with Crippen LogP contribution in [0.4, 0.5) is 26.3 Å². The van der Waals surface area contributed by atoms with E-state index < -0.39 is 28.9 Å². The van der Waals surface area contributed by atoms with Crippen molar-refractivity contribution in [2.45, 2.75) is 24.7 Å². The van der Waals surface area contributed by atoms with Gasteiger partial charge < -0.3 is 0 Å². The van der Waals surface area contributed by atoms with Gasteiger partial charge in [0.25, 0.3) is 0 Å². The highest BCUT2D eigenvalue weighted by atomic mass is 35.5. The molecule has 0 nitrogen and oxygen atoms in total. The molecular formula is C10H7ClF6. The maximum absolute atomic E-state index is 12.4. The molecule has 0 fully saturated rings. The van der Waals surface area contributed by atoms with Gasteiger partial charge in [-0.2, -0.15) is 26.3 Å². The maximum atomic E-state index is 12.4. The summed E-state index contributed by atoms with van der Waals surface area (Å²) >= 11 is 5.51. The summed E-state index contributed by atoms with van der Waals surface area (Å²) in [6.07, 6.45) is -9.66. The first-order chi connectivity index (χ1) is 7.51. The third-order valence-electron chi connectivity index (χ3n) is 2.07. The molecule has 0 N–H and O–H groups in total. The molecular weight excluding hydrogens is 270 g/mol. The molecule has 0 heterocycles. The Labute approximate surface area is 98.2 Å². The van der Waals surface area contributed by atoms with Crippen LogP contribution in [-0.4, -0.2) is 0 Å². The van der Waals surface area contributed by atoms with Crippen molar-refractivity contribution < 1.29 is 26.3 Å². The highest BCUT2D eigenvalue weighted by molar-refractivity contribution is 6.20. The fraction of sp³-hybridized carbons (Fsp3) is 0.400. The van der Waals surface area contributed by atoms with Crippen LogP contribution in [0.1, 0.15) is 29.0 Å². The predicted molar refractivity (Wildman–Crippen MR) is 50.7 cm³/mol. The number of halogens is 7.